The van der Waals surface area contributed by atoms with E-state index in [1.165, 1.54) is 4.57 Å². The van der Waals surface area contributed by atoms with Crippen LogP contribution >= 0.6 is 0 Å². The molecule has 0 bridgehead atoms. The third kappa shape index (κ3) is 3.57. The fourth-order valence-electron chi connectivity index (χ4n) is 2.96. The molecule has 0 aliphatic heterocycles. The average Bonchev–Trinajstić information content (AvgIpc) is 2.88. The monoisotopic (exact) mass is 338 g/mol. The van der Waals surface area contributed by atoms with Crippen molar-refractivity contribution in [2.24, 2.45) is 0 Å². The molecule has 0 unspecified atom stereocenters. The average molecular weight is 338 g/mol. The Labute approximate surface area is 145 Å². The third-order valence-corrected chi connectivity index (χ3v) is 4.26. The zero-order valence-corrected chi connectivity index (χ0v) is 14.2. The summed E-state index contributed by atoms with van der Waals surface area (Å²) in [6.45, 7) is 3.04. The second kappa shape index (κ2) is 7.25. The molecular weight excluding hydrogens is 316 g/mol. The van der Waals surface area contributed by atoms with Crippen LogP contribution in [0.3, 0.4) is 0 Å². The number of aromatic nitrogens is 2. The number of hydrogen-bond acceptors (Lipinski definition) is 3. The summed E-state index contributed by atoms with van der Waals surface area (Å²) < 4.78 is 3.20. The summed E-state index contributed by atoms with van der Waals surface area (Å²) in [7, 11) is 0. The molecule has 1 aromatic heterocycles. The molecule has 2 aromatic carbocycles. The van der Waals surface area contributed by atoms with Crippen LogP contribution in [0.15, 0.2) is 53.3 Å². The van der Waals surface area contributed by atoms with Crippen molar-refractivity contribution in [1.29, 1.82) is 0 Å². The lowest BCUT2D eigenvalue weighted by Crippen LogP contribution is -2.34. The maximum absolute atomic E-state index is 12.5. The Kier molecular flexibility index (Phi) is 4.88. The highest BCUT2D eigenvalue weighted by molar-refractivity contribution is 5.80. The number of imidazole rings is 1. The predicted molar refractivity (Wildman–Crippen MR) is 99.4 cm³/mol. The summed E-state index contributed by atoms with van der Waals surface area (Å²) in [5.41, 5.74) is 8.96. The number of nitrogens with zero attached hydrogens (tertiary/aromatic N) is 2. The molecule has 3 rings (SSSR count). The lowest BCUT2D eigenvalue weighted by atomic mass is 10.1. The molecule has 0 radical (unpaired) electrons. The van der Waals surface area contributed by atoms with E-state index in [4.69, 9.17) is 5.73 Å². The molecule has 1 amide bonds. The van der Waals surface area contributed by atoms with Crippen LogP contribution in [0.25, 0.3) is 11.0 Å². The van der Waals surface area contributed by atoms with Gasteiger partial charge in [-0.2, -0.15) is 0 Å². The van der Waals surface area contributed by atoms with Gasteiger partial charge in [0.1, 0.15) is 6.54 Å². The van der Waals surface area contributed by atoms with Gasteiger partial charge in [-0.3, -0.25) is 13.9 Å². The maximum Gasteiger partial charge on any atom is 0.329 e. The molecule has 3 aromatic rings. The highest BCUT2D eigenvalue weighted by atomic mass is 16.2. The molecule has 6 nitrogen and oxygen atoms in total. The van der Waals surface area contributed by atoms with Crippen molar-refractivity contribution >= 4 is 22.6 Å². The highest BCUT2D eigenvalue weighted by Crippen LogP contribution is 2.12. The van der Waals surface area contributed by atoms with Crippen molar-refractivity contribution in [2.45, 2.75) is 26.4 Å². The molecule has 25 heavy (non-hydrogen) atoms. The van der Waals surface area contributed by atoms with Crippen molar-refractivity contribution in [1.82, 2.24) is 14.5 Å². The van der Waals surface area contributed by atoms with E-state index in [-0.39, 0.29) is 18.1 Å². The Hall–Kier alpha value is -3.02. The SMILES string of the molecule is CCn1c(=O)n(CC(=O)NCCc2ccc(N)cc2)c2ccccc21. The Morgan fingerprint density at radius 2 is 1.68 bits per heavy atom. The van der Waals surface area contributed by atoms with Crippen LogP contribution < -0.4 is 16.7 Å². The number of nitrogens with two attached hydrogens (primary N) is 1. The van der Waals surface area contributed by atoms with Crippen LogP contribution in [0.4, 0.5) is 5.69 Å². The summed E-state index contributed by atoms with van der Waals surface area (Å²) in [6.07, 6.45) is 0.720. The first-order valence-electron chi connectivity index (χ1n) is 8.39. The van der Waals surface area contributed by atoms with Gasteiger partial charge in [0.2, 0.25) is 5.91 Å². The highest BCUT2D eigenvalue weighted by Gasteiger charge is 2.14. The minimum absolute atomic E-state index is 0.0219. The Balaban J connectivity index is 1.67. The van der Waals surface area contributed by atoms with Crippen molar-refractivity contribution < 1.29 is 4.79 Å². The summed E-state index contributed by atoms with van der Waals surface area (Å²) in [5, 5.41) is 2.87. The van der Waals surface area contributed by atoms with Gasteiger partial charge in [0.05, 0.1) is 11.0 Å². The first-order chi connectivity index (χ1) is 12.1. The van der Waals surface area contributed by atoms with Crippen LogP contribution in [0.5, 0.6) is 0 Å². The standard InChI is InChI=1S/C19H22N4O2/c1-2-22-16-5-3-4-6-17(16)23(19(22)25)13-18(24)21-12-11-14-7-9-15(20)10-8-14/h3-10H,2,11-13,20H2,1H3,(H,21,24). The predicted octanol–water partition coefficient (Wildman–Crippen LogP) is 1.76. The molecule has 0 saturated heterocycles. The van der Waals surface area contributed by atoms with Gasteiger partial charge in [0.15, 0.2) is 0 Å². The van der Waals surface area contributed by atoms with Crippen LogP contribution in [-0.4, -0.2) is 21.6 Å². The van der Waals surface area contributed by atoms with E-state index in [2.05, 4.69) is 5.32 Å². The van der Waals surface area contributed by atoms with Crippen molar-refractivity contribution in [3.63, 3.8) is 0 Å². The van der Waals surface area contributed by atoms with Gasteiger partial charge in [0, 0.05) is 18.8 Å². The fourth-order valence-corrected chi connectivity index (χ4v) is 2.96. The quantitative estimate of drug-likeness (QED) is 0.672. The third-order valence-electron chi connectivity index (χ3n) is 4.26. The Bertz CT molecular complexity index is 938. The largest absolute Gasteiger partial charge is 0.399 e. The number of nitrogen functional groups attached to an aromatic ring is 1. The number of nitrogens with one attached hydrogen (secondary N) is 1. The van der Waals surface area contributed by atoms with Crippen molar-refractivity contribution in [3.8, 4) is 0 Å². The number of rotatable bonds is 6. The number of amides is 1. The smallest absolute Gasteiger partial charge is 0.329 e. The topological polar surface area (TPSA) is 82.0 Å². The van der Waals surface area contributed by atoms with Gasteiger partial charge in [-0.15, -0.1) is 0 Å². The van der Waals surface area contributed by atoms with Gasteiger partial charge >= 0.3 is 5.69 Å². The molecule has 0 aliphatic carbocycles. The minimum Gasteiger partial charge on any atom is -0.399 e. The van der Waals surface area contributed by atoms with Crippen LogP contribution in [0.1, 0.15) is 12.5 Å². The van der Waals surface area contributed by atoms with E-state index in [9.17, 15) is 9.59 Å². The summed E-state index contributed by atoms with van der Waals surface area (Å²) in [4.78, 5) is 24.8. The lowest BCUT2D eigenvalue weighted by molar-refractivity contribution is -0.121. The molecule has 130 valence electrons. The molecule has 6 heteroatoms. The first-order valence-corrected chi connectivity index (χ1v) is 8.39. The van der Waals surface area contributed by atoms with Gasteiger partial charge in [-0.1, -0.05) is 24.3 Å². The van der Waals surface area contributed by atoms with Gasteiger partial charge in [-0.05, 0) is 43.2 Å². The number of fused-ring (bicyclic) bond motifs is 1. The molecule has 0 spiro atoms. The lowest BCUT2D eigenvalue weighted by Gasteiger charge is -2.07. The van der Waals surface area contributed by atoms with E-state index in [1.54, 1.807) is 4.57 Å². The number of para-hydroxylation sites is 2. The molecular formula is C19H22N4O2. The number of carbonyl (C=O) groups excluding carboxylic acids is 1. The van der Waals surface area contributed by atoms with Crippen molar-refractivity contribution in [3.05, 3.63) is 64.6 Å². The van der Waals surface area contributed by atoms with Gasteiger partial charge < -0.3 is 11.1 Å². The second-order valence-electron chi connectivity index (χ2n) is 5.94. The minimum atomic E-state index is -0.170. The van der Waals surface area contributed by atoms with Gasteiger partial charge in [-0.25, -0.2) is 4.79 Å². The first kappa shape index (κ1) is 16.8. The van der Waals surface area contributed by atoms with E-state index >= 15 is 0 Å². The Morgan fingerprint density at radius 3 is 2.32 bits per heavy atom. The zero-order chi connectivity index (χ0) is 17.8. The maximum atomic E-state index is 12.5. The van der Waals surface area contributed by atoms with E-state index in [1.807, 2.05) is 55.5 Å². The second-order valence-corrected chi connectivity index (χ2v) is 5.94. The van der Waals surface area contributed by atoms with Crippen LogP contribution in [0.2, 0.25) is 0 Å². The molecule has 1 heterocycles. The molecule has 0 aliphatic rings. The summed E-state index contributed by atoms with van der Waals surface area (Å²) in [5.74, 6) is -0.170. The van der Waals surface area contributed by atoms with Crippen molar-refractivity contribution in [2.75, 3.05) is 12.3 Å². The van der Waals surface area contributed by atoms with E-state index in [0.29, 0.717) is 13.1 Å². The number of aryl methyl sites for hydroxylation is 1. The molecule has 0 fully saturated rings. The number of hydrogen-bond donors (Lipinski definition) is 2. The summed E-state index contributed by atoms with van der Waals surface area (Å²) in [6, 6.07) is 15.1. The van der Waals surface area contributed by atoms with Gasteiger partial charge in [0.25, 0.3) is 0 Å². The van der Waals surface area contributed by atoms with E-state index < -0.39 is 0 Å². The molecule has 0 atom stereocenters. The zero-order valence-electron chi connectivity index (χ0n) is 14.2. The molecule has 0 saturated carbocycles. The normalized spacial score (nSPS) is 10.9. The number of benzene rings is 2. The molecule has 3 N–H and O–H groups in total. The Morgan fingerprint density at radius 1 is 1.04 bits per heavy atom. The fraction of sp³-hybridized carbons (Fsp3) is 0.263. The van der Waals surface area contributed by atoms with Crippen LogP contribution in [-0.2, 0) is 24.3 Å². The van der Waals surface area contributed by atoms with E-state index in [0.717, 1.165) is 28.7 Å². The summed E-state index contributed by atoms with van der Waals surface area (Å²) >= 11 is 0. The number of carbonyl (C=O) groups is 1. The number of anilines is 1. The van der Waals surface area contributed by atoms with Crippen LogP contribution in [0, 0.1) is 0 Å².